The monoisotopic (exact) mass is 385 g/mol. The van der Waals surface area contributed by atoms with Gasteiger partial charge in [0.15, 0.2) is 6.61 Å². The van der Waals surface area contributed by atoms with Crippen LogP contribution in [0.1, 0.15) is 39.2 Å². The first-order valence-corrected chi connectivity index (χ1v) is 8.56. The molecule has 0 bridgehead atoms. The van der Waals surface area contributed by atoms with Crippen LogP contribution in [0.25, 0.3) is 0 Å². The number of esters is 1. The van der Waals surface area contributed by atoms with E-state index in [0.29, 0.717) is 17.1 Å². The van der Waals surface area contributed by atoms with Gasteiger partial charge in [0.1, 0.15) is 22.7 Å². The molecule has 0 saturated carbocycles. The second-order valence-corrected chi connectivity index (χ2v) is 7.22. The van der Waals surface area contributed by atoms with Gasteiger partial charge in [-0.2, -0.15) is 5.26 Å². The summed E-state index contributed by atoms with van der Waals surface area (Å²) in [5.74, 6) is -1.38. The number of amides is 1. The van der Waals surface area contributed by atoms with E-state index in [1.54, 1.807) is 52.0 Å². The van der Waals surface area contributed by atoms with Crippen LogP contribution in [-0.2, 0) is 19.1 Å². The summed E-state index contributed by atoms with van der Waals surface area (Å²) in [7, 11) is 0. The molecule has 0 spiro atoms. The zero-order valence-electron chi connectivity index (χ0n) is 16.2. The van der Waals surface area contributed by atoms with Crippen molar-refractivity contribution < 1.29 is 23.8 Å². The van der Waals surface area contributed by atoms with Gasteiger partial charge in [-0.25, -0.2) is 4.79 Å². The topological polar surface area (TPSA) is 138 Å². The standard InChI is InChI=1S/C20H23N3O5/c1-11-14(9-21)16(12-5-7-13(8-6-12)26-10-15(22)24)17(18(23)27-11)19(25)28-20(2,3)4/h5-8,16H,10,23H2,1-4H3,(H2,22,24)/t16-/m1/s1. The van der Waals surface area contributed by atoms with Crippen LogP contribution in [0.2, 0.25) is 0 Å². The molecule has 0 aliphatic carbocycles. The molecule has 0 aromatic heterocycles. The van der Waals surface area contributed by atoms with Crippen molar-refractivity contribution in [2.45, 2.75) is 39.2 Å². The SMILES string of the molecule is CC1=C(C#N)[C@@H](c2ccc(OCC(N)=O)cc2)C(C(=O)OC(C)(C)C)=C(N)O1. The van der Waals surface area contributed by atoms with E-state index in [1.165, 1.54) is 0 Å². The summed E-state index contributed by atoms with van der Waals surface area (Å²) in [6.07, 6.45) is 0. The minimum Gasteiger partial charge on any atom is -0.484 e. The maximum Gasteiger partial charge on any atom is 0.340 e. The lowest BCUT2D eigenvalue weighted by molar-refractivity contribution is -0.150. The lowest BCUT2D eigenvalue weighted by Crippen LogP contribution is -2.31. The van der Waals surface area contributed by atoms with Crippen molar-refractivity contribution in [3.63, 3.8) is 0 Å². The van der Waals surface area contributed by atoms with Crippen LogP contribution < -0.4 is 16.2 Å². The maximum atomic E-state index is 12.8. The van der Waals surface area contributed by atoms with E-state index >= 15 is 0 Å². The molecule has 1 aliphatic heterocycles. The van der Waals surface area contributed by atoms with Crippen LogP contribution >= 0.6 is 0 Å². The third kappa shape index (κ3) is 4.82. The minimum absolute atomic E-state index is 0.0582. The molecule has 1 aliphatic rings. The fraction of sp³-hybridized carbons (Fsp3) is 0.350. The Morgan fingerprint density at radius 1 is 1.25 bits per heavy atom. The van der Waals surface area contributed by atoms with E-state index in [0.717, 1.165) is 0 Å². The molecule has 8 nitrogen and oxygen atoms in total. The van der Waals surface area contributed by atoms with Gasteiger partial charge < -0.3 is 25.7 Å². The number of hydrogen-bond donors (Lipinski definition) is 2. The molecule has 2 rings (SSSR count). The van der Waals surface area contributed by atoms with Crippen LogP contribution in [0.5, 0.6) is 5.75 Å². The Kier molecular flexibility index (Phi) is 5.99. The van der Waals surface area contributed by atoms with Crippen molar-refractivity contribution >= 4 is 11.9 Å². The summed E-state index contributed by atoms with van der Waals surface area (Å²) in [6, 6.07) is 8.66. The van der Waals surface area contributed by atoms with E-state index in [4.69, 9.17) is 25.7 Å². The van der Waals surface area contributed by atoms with Crippen LogP contribution in [0.4, 0.5) is 0 Å². The van der Waals surface area contributed by atoms with Gasteiger partial charge in [0.2, 0.25) is 5.88 Å². The summed E-state index contributed by atoms with van der Waals surface area (Å²) in [5, 5.41) is 9.63. The van der Waals surface area contributed by atoms with Crippen molar-refractivity contribution in [3.8, 4) is 11.8 Å². The number of allylic oxidation sites excluding steroid dienone is 2. The fourth-order valence-electron chi connectivity index (χ4n) is 2.70. The Morgan fingerprint density at radius 3 is 2.36 bits per heavy atom. The van der Waals surface area contributed by atoms with Crippen LogP contribution in [0, 0.1) is 11.3 Å². The van der Waals surface area contributed by atoms with Gasteiger partial charge in [0, 0.05) is 0 Å². The molecule has 28 heavy (non-hydrogen) atoms. The van der Waals surface area contributed by atoms with Crippen LogP contribution in [-0.4, -0.2) is 24.1 Å². The predicted octanol–water partition coefficient (Wildman–Crippen LogP) is 1.97. The largest absolute Gasteiger partial charge is 0.484 e. The highest BCUT2D eigenvalue weighted by molar-refractivity contribution is 5.92. The number of primary amides is 1. The van der Waals surface area contributed by atoms with Gasteiger partial charge in [-0.05, 0) is 45.4 Å². The van der Waals surface area contributed by atoms with Gasteiger partial charge >= 0.3 is 5.97 Å². The molecule has 1 aromatic carbocycles. The first-order valence-electron chi connectivity index (χ1n) is 8.56. The molecule has 8 heteroatoms. The van der Waals surface area contributed by atoms with Crippen LogP contribution in [0.15, 0.2) is 47.1 Å². The zero-order valence-corrected chi connectivity index (χ0v) is 16.2. The molecule has 1 atom stereocenters. The van der Waals surface area contributed by atoms with E-state index in [1.807, 2.05) is 0 Å². The van der Waals surface area contributed by atoms with E-state index < -0.39 is 23.4 Å². The lowest BCUT2D eigenvalue weighted by Gasteiger charge is -2.29. The number of nitrogens with two attached hydrogens (primary N) is 2. The van der Waals surface area contributed by atoms with Gasteiger partial charge in [0.05, 0.1) is 17.6 Å². The Bertz CT molecular complexity index is 886. The highest BCUT2D eigenvalue weighted by atomic mass is 16.6. The second-order valence-electron chi connectivity index (χ2n) is 7.22. The van der Waals surface area contributed by atoms with E-state index in [-0.39, 0.29) is 23.6 Å². The number of benzene rings is 1. The Morgan fingerprint density at radius 2 is 1.86 bits per heavy atom. The quantitative estimate of drug-likeness (QED) is 0.739. The van der Waals surface area contributed by atoms with Gasteiger partial charge in [-0.3, -0.25) is 4.79 Å². The number of nitrogens with zero attached hydrogens (tertiary/aromatic N) is 1. The molecule has 0 saturated heterocycles. The van der Waals surface area contributed by atoms with Crippen molar-refractivity contribution in [1.82, 2.24) is 0 Å². The number of carbonyl (C=O) groups excluding carboxylic acids is 2. The molecule has 1 amide bonds. The smallest absolute Gasteiger partial charge is 0.340 e. The van der Waals surface area contributed by atoms with Crippen molar-refractivity contribution in [1.29, 1.82) is 5.26 Å². The van der Waals surface area contributed by atoms with Crippen molar-refractivity contribution in [2.75, 3.05) is 6.61 Å². The highest BCUT2D eigenvalue weighted by Gasteiger charge is 2.37. The van der Waals surface area contributed by atoms with E-state index in [9.17, 15) is 14.9 Å². The number of nitriles is 1. The average Bonchev–Trinajstić information content (AvgIpc) is 2.58. The zero-order chi connectivity index (χ0) is 21.1. The first kappa shape index (κ1) is 20.8. The van der Waals surface area contributed by atoms with Crippen LogP contribution in [0.3, 0.4) is 0 Å². The summed E-state index contributed by atoms with van der Waals surface area (Å²) < 4.78 is 16.1. The molecular formula is C20H23N3O5. The lowest BCUT2D eigenvalue weighted by atomic mass is 9.83. The van der Waals surface area contributed by atoms with E-state index in [2.05, 4.69) is 6.07 Å². The number of rotatable bonds is 5. The molecular weight excluding hydrogens is 362 g/mol. The number of carbonyl (C=O) groups is 2. The first-order chi connectivity index (χ1) is 13.0. The van der Waals surface area contributed by atoms with Gasteiger partial charge in [-0.1, -0.05) is 12.1 Å². The molecule has 1 aromatic rings. The Balaban J connectivity index is 2.45. The highest BCUT2D eigenvalue weighted by Crippen LogP contribution is 2.40. The fourth-order valence-corrected chi connectivity index (χ4v) is 2.70. The minimum atomic E-state index is -0.751. The Hall–Kier alpha value is -3.47. The summed E-state index contributed by atoms with van der Waals surface area (Å²) in [6.45, 7) is 6.55. The van der Waals surface area contributed by atoms with Crippen molar-refractivity contribution in [2.24, 2.45) is 11.5 Å². The summed E-state index contributed by atoms with van der Waals surface area (Å²) in [4.78, 5) is 23.6. The molecule has 4 N–H and O–H groups in total. The van der Waals surface area contributed by atoms with Crippen molar-refractivity contribution in [3.05, 3.63) is 52.6 Å². The molecule has 148 valence electrons. The maximum absolute atomic E-state index is 12.8. The second kappa shape index (κ2) is 8.05. The van der Waals surface area contributed by atoms with Gasteiger partial charge in [0.25, 0.3) is 5.91 Å². The predicted molar refractivity (Wildman–Crippen MR) is 100 cm³/mol. The third-order valence-electron chi connectivity index (χ3n) is 3.82. The van der Waals surface area contributed by atoms with Gasteiger partial charge in [-0.15, -0.1) is 0 Å². The number of ether oxygens (including phenoxy) is 3. The molecule has 0 unspecified atom stereocenters. The molecule has 0 fully saturated rings. The Labute approximate surface area is 163 Å². The average molecular weight is 385 g/mol. The summed E-state index contributed by atoms with van der Waals surface area (Å²) in [5.41, 5.74) is 11.2. The molecule has 0 radical (unpaired) electrons. The summed E-state index contributed by atoms with van der Waals surface area (Å²) >= 11 is 0. The number of hydrogen-bond acceptors (Lipinski definition) is 7. The molecule has 1 heterocycles. The third-order valence-corrected chi connectivity index (χ3v) is 3.82. The normalized spacial score (nSPS) is 16.9.